The Balaban J connectivity index is 0.000000700. The minimum absolute atomic E-state index is 0.0638. The van der Waals surface area contributed by atoms with Gasteiger partial charge in [0, 0.05) is 29.7 Å². The van der Waals surface area contributed by atoms with Crippen LogP contribution in [0.1, 0.15) is 131 Å². The van der Waals surface area contributed by atoms with Gasteiger partial charge in [0.15, 0.2) is 11.5 Å². The van der Waals surface area contributed by atoms with E-state index >= 15 is 0 Å². The number of aryl methyl sites for hydroxylation is 2. The van der Waals surface area contributed by atoms with E-state index in [1.54, 1.807) is 6.26 Å². The van der Waals surface area contributed by atoms with Crippen molar-refractivity contribution in [1.82, 2.24) is 4.57 Å². The van der Waals surface area contributed by atoms with Gasteiger partial charge in [0.2, 0.25) is 0 Å². The normalized spacial score (nSPS) is 12.4. The van der Waals surface area contributed by atoms with Crippen molar-refractivity contribution in [3.8, 4) is 11.5 Å². The standard InChI is InChI=1S/C20H27NO.C10H12O2.C4H10.C3H8.C2H6/c1-6-9-16(8-3)19-14-21(5)20-11-10-17(13-18(19)20)15(4)22-12-7-2;1-2-8-3-4-9-10(7-8)12-6-5-11-9;1-3-4-2;1-3-2;1-2/h7,9-15H,6,8H2,1-5H3;3-4,7H,2,5-6H2,1H3;3-4H2,1-2H3;3H2,1-2H3;1-2H3/b12-7-,16-9+;;;;. The molecule has 4 rings (SSSR count). The number of hydrogen-bond acceptors (Lipinski definition) is 3. The molecular formula is C39H63NO3. The van der Waals surface area contributed by atoms with Crippen molar-refractivity contribution < 1.29 is 14.2 Å². The van der Waals surface area contributed by atoms with Gasteiger partial charge in [-0.1, -0.05) is 106 Å². The molecule has 3 aromatic rings. The zero-order valence-corrected chi connectivity index (χ0v) is 29.7. The highest BCUT2D eigenvalue weighted by Crippen LogP contribution is 2.32. The van der Waals surface area contributed by atoms with Crippen LogP contribution in [0.15, 0.2) is 61.0 Å². The van der Waals surface area contributed by atoms with Gasteiger partial charge in [-0.05, 0) is 74.1 Å². The maximum atomic E-state index is 5.71. The number of nitrogens with zero attached hydrogens (tertiary/aromatic N) is 1. The lowest BCUT2D eigenvalue weighted by atomic mass is 9.99. The second kappa shape index (κ2) is 24.3. The first-order chi connectivity index (χ1) is 20.8. The van der Waals surface area contributed by atoms with Crippen LogP contribution in [0.3, 0.4) is 0 Å². The van der Waals surface area contributed by atoms with E-state index in [9.17, 15) is 0 Å². The van der Waals surface area contributed by atoms with Crippen LogP contribution in [-0.4, -0.2) is 17.8 Å². The van der Waals surface area contributed by atoms with Crippen LogP contribution < -0.4 is 9.47 Å². The molecule has 0 bridgehead atoms. The molecule has 0 N–H and O–H groups in total. The molecule has 0 amide bonds. The molecule has 0 aliphatic carbocycles. The van der Waals surface area contributed by atoms with Crippen LogP contribution in [0.25, 0.3) is 16.5 Å². The maximum Gasteiger partial charge on any atom is 0.161 e. The summed E-state index contributed by atoms with van der Waals surface area (Å²) in [4.78, 5) is 0. The molecule has 4 nitrogen and oxygen atoms in total. The number of unbranched alkanes of at least 4 members (excludes halogenated alkanes) is 1. The fourth-order valence-electron chi connectivity index (χ4n) is 4.19. The van der Waals surface area contributed by atoms with Crippen LogP contribution in [0.4, 0.5) is 0 Å². The molecular weight excluding hydrogens is 530 g/mol. The minimum Gasteiger partial charge on any atom is -0.494 e. The zero-order valence-electron chi connectivity index (χ0n) is 29.7. The number of fused-ring (bicyclic) bond motifs is 2. The fourth-order valence-corrected chi connectivity index (χ4v) is 4.19. The largest absolute Gasteiger partial charge is 0.494 e. The van der Waals surface area contributed by atoms with Crippen LogP contribution in [-0.2, 0) is 18.2 Å². The van der Waals surface area contributed by atoms with Crippen molar-refractivity contribution in [3.63, 3.8) is 0 Å². The summed E-state index contributed by atoms with van der Waals surface area (Å²) >= 11 is 0. The average Bonchev–Trinajstić information content (AvgIpc) is 3.39. The Bertz CT molecular complexity index is 1190. The van der Waals surface area contributed by atoms with E-state index in [0.29, 0.717) is 13.2 Å². The molecule has 0 fully saturated rings. The first-order valence-electron chi connectivity index (χ1n) is 16.8. The van der Waals surface area contributed by atoms with Crippen molar-refractivity contribution >= 4 is 16.5 Å². The fraction of sp³-hybridized carbons (Fsp3) is 0.538. The third-order valence-corrected chi connectivity index (χ3v) is 6.59. The number of hydrogen-bond donors (Lipinski definition) is 0. The zero-order chi connectivity index (χ0) is 32.6. The van der Waals surface area contributed by atoms with Crippen LogP contribution in [0, 0.1) is 0 Å². The third kappa shape index (κ3) is 13.8. The van der Waals surface area contributed by atoms with Crippen LogP contribution in [0.5, 0.6) is 11.5 Å². The summed E-state index contributed by atoms with van der Waals surface area (Å²) in [7, 11) is 2.12. The average molecular weight is 594 g/mol. The van der Waals surface area contributed by atoms with Gasteiger partial charge >= 0.3 is 0 Å². The summed E-state index contributed by atoms with van der Waals surface area (Å²) < 4.78 is 18.8. The van der Waals surface area contributed by atoms with Gasteiger partial charge < -0.3 is 18.8 Å². The molecule has 242 valence electrons. The molecule has 1 unspecified atom stereocenters. The summed E-state index contributed by atoms with van der Waals surface area (Å²) in [5.41, 5.74) is 6.55. The molecule has 4 heteroatoms. The number of benzene rings is 2. The Morgan fingerprint density at radius 1 is 0.907 bits per heavy atom. The number of aromatic nitrogens is 1. The smallest absolute Gasteiger partial charge is 0.161 e. The van der Waals surface area contributed by atoms with E-state index < -0.39 is 0 Å². The predicted octanol–water partition coefficient (Wildman–Crippen LogP) is 12.3. The summed E-state index contributed by atoms with van der Waals surface area (Å²) in [5, 5.41) is 1.32. The second-order valence-corrected chi connectivity index (χ2v) is 10.2. The van der Waals surface area contributed by atoms with Gasteiger partial charge in [-0.2, -0.15) is 0 Å². The van der Waals surface area contributed by atoms with Crippen molar-refractivity contribution in [2.75, 3.05) is 13.2 Å². The Morgan fingerprint density at radius 3 is 2.07 bits per heavy atom. The molecule has 0 saturated heterocycles. The van der Waals surface area contributed by atoms with Crippen molar-refractivity contribution in [2.45, 2.75) is 121 Å². The second-order valence-electron chi connectivity index (χ2n) is 10.2. The van der Waals surface area contributed by atoms with Crippen LogP contribution in [0.2, 0.25) is 0 Å². The van der Waals surface area contributed by atoms with Crippen molar-refractivity contribution in [3.05, 3.63) is 77.7 Å². The van der Waals surface area contributed by atoms with Crippen molar-refractivity contribution in [1.29, 1.82) is 0 Å². The number of allylic oxidation sites excluding steroid dienone is 3. The van der Waals surface area contributed by atoms with E-state index in [-0.39, 0.29) is 6.10 Å². The summed E-state index contributed by atoms with van der Waals surface area (Å²) in [6.07, 6.45) is 15.4. The molecule has 2 aromatic carbocycles. The molecule has 0 radical (unpaired) electrons. The topological polar surface area (TPSA) is 32.6 Å². The van der Waals surface area contributed by atoms with Gasteiger partial charge in [-0.15, -0.1) is 0 Å². The first-order valence-corrected chi connectivity index (χ1v) is 16.8. The summed E-state index contributed by atoms with van der Waals surface area (Å²) in [6.45, 7) is 24.5. The lowest BCUT2D eigenvalue weighted by molar-refractivity contribution is 0.164. The van der Waals surface area contributed by atoms with E-state index in [2.05, 4.69) is 110 Å². The van der Waals surface area contributed by atoms with Gasteiger partial charge in [0.25, 0.3) is 0 Å². The molecule has 1 aromatic heterocycles. The molecule has 0 spiro atoms. The number of rotatable bonds is 8. The quantitative estimate of drug-likeness (QED) is 0.244. The lowest BCUT2D eigenvalue weighted by Gasteiger charge is -2.18. The van der Waals surface area contributed by atoms with E-state index in [0.717, 1.165) is 30.8 Å². The summed E-state index contributed by atoms with van der Waals surface area (Å²) in [6, 6.07) is 12.7. The number of ether oxygens (including phenoxy) is 3. The monoisotopic (exact) mass is 593 g/mol. The minimum atomic E-state index is 0.0638. The Morgan fingerprint density at radius 2 is 1.53 bits per heavy atom. The Kier molecular flexibility index (Phi) is 22.5. The highest BCUT2D eigenvalue weighted by atomic mass is 16.6. The Labute approximate surface area is 265 Å². The van der Waals surface area contributed by atoms with E-state index in [1.807, 2.05) is 32.9 Å². The molecule has 1 aliphatic heterocycles. The highest BCUT2D eigenvalue weighted by molar-refractivity contribution is 5.93. The van der Waals surface area contributed by atoms with Crippen LogP contribution >= 0.6 is 0 Å². The van der Waals surface area contributed by atoms with E-state index in [4.69, 9.17) is 14.2 Å². The molecule has 43 heavy (non-hydrogen) atoms. The predicted molar refractivity (Wildman–Crippen MR) is 190 cm³/mol. The van der Waals surface area contributed by atoms with Crippen molar-refractivity contribution in [2.24, 2.45) is 7.05 Å². The van der Waals surface area contributed by atoms with Gasteiger partial charge in [0.05, 0.1) is 6.26 Å². The maximum absolute atomic E-state index is 5.71. The first kappa shape index (κ1) is 39.9. The SMILES string of the molecule is C/C=C\OC(C)c1ccc2c(c1)c(/C(=C/CC)CC)cn2C.CC.CCC.CCCC.CCc1ccc2c(c1)OCCO2. The van der Waals surface area contributed by atoms with E-state index in [1.165, 1.54) is 52.4 Å². The molecule has 2 heterocycles. The summed E-state index contributed by atoms with van der Waals surface area (Å²) in [5.74, 6) is 1.76. The molecule has 0 saturated carbocycles. The Hall–Kier alpha value is -3.14. The van der Waals surface area contributed by atoms with Gasteiger partial charge in [-0.25, -0.2) is 0 Å². The molecule has 1 aliphatic rings. The highest BCUT2D eigenvalue weighted by Gasteiger charge is 2.13. The third-order valence-electron chi connectivity index (χ3n) is 6.59. The lowest BCUT2D eigenvalue weighted by Crippen LogP contribution is -2.15. The van der Waals surface area contributed by atoms with Gasteiger partial charge in [0.1, 0.15) is 19.3 Å². The van der Waals surface area contributed by atoms with Gasteiger partial charge in [-0.3, -0.25) is 0 Å². The molecule has 1 atom stereocenters.